The maximum atomic E-state index is 11.3. The molecule has 0 radical (unpaired) electrons. The van der Waals surface area contributed by atoms with E-state index in [1.165, 1.54) is 0 Å². The van der Waals surface area contributed by atoms with Crippen LogP contribution in [0.3, 0.4) is 0 Å². The van der Waals surface area contributed by atoms with Crippen LogP contribution >= 0.6 is 12.4 Å². The number of rotatable bonds is 2. The molecule has 0 aromatic rings. The molecule has 0 aromatic carbocycles. The molecule has 0 bridgehead atoms. The summed E-state index contributed by atoms with van der Waals surface area (Å²) in [6, 6.07) is 0. The van der Waals surface area contributed by atoms with E-state index in [-0.39, 0.29) is 23.7 Å². The van der Waals surface area contributed by atoms with Gasteiger partial charge in [-0.2, -0.15) is 0 Å². The molecule has 0 spiro atoms. The molecule has 1 saturated carbocycles. The lowest BCUT2D eigenvalue weighted by molar-refractivity contribution is -0.126. The van der Waals surface area contributed by atoms with E-state index in [0.717, 1.165) is 19.3 Å². The number of carbonyl (C=O) groups is 1. The van der Waals surface area contributed by atoms with Gasteiger partial charge >= 0.3 is 0 Å². The van der Waals surface area contributed by atoms with Crippen molar-refractivity contribution in [1.82, 2.24) is 0 Å². The predicted octanol–water partition coefficient (Wildman–Crippen LogP) is 1.81. The van der Waals surface area contributed by atoms with Gasteiger partial charge < -0.3 is 5.73 Å². The molecule has 1 fully saturated rings. The van der Waals surface area contributed by atoms with Gasteiger partial charge in [0.1, 0.15) is 0 Å². The van der Waals surface area contributed by atoms with Crippen molar-refractivity contribution in [3.05, 3.63) is 24.3 Å². The van der Waals surface area contributed by atoms with Crippen LogP contribution in [-0.2, 0) is 4.79 Å². The van der Waals surface area contributed by atoms with E-state index in [4.69, 9.17) is 5.73 Å². The Morgan fingerprint density at radius 3 is 2.46 bits per heavy atom. The Morgan fingerprint density at radius 1 is 1.38 bits per heavy atom. The summed E-state index contributed by atoms with van der Waals surface area (Å²) in [5.74, 6) is 0.349. The molecular weight excluding hydrogens is 186 g/mol. The number of nitrogens with two attached hydrogens (primary N) is 1. The first kappa shape index (κ1) is 10.3. The molecule has 2 N–H and O–H groups in total. The second-order valence-corrected chi connectivity index (χ2v) is 3.67. The topological polar surface area (TPSA) is 43.1 Å². The quantitative estimate of drug-likeness (QED) is 0.724. The predicted molar refractivity (Wildman–Crippen MR) is 54.5 cm³/mol. The molecule has 0 aliphatic heterocycles. The van der Waals surface area contributed by atoms with E-state index >= 15 is 0 Å². The van der Waals surface area contributed by atoms with Crippen LogP contribution in [0.5, 0.6) is 0 Å². The summed E-state index contributed by atoms with van der Waals surface area (Å²) < 4.78 is 0. The molecule has 2 nitrogen and oxygen atoms in total. The molecule has 0 heterocycles. The average molecular weight is 200 g/mol. The summed E-state index contributed by atoms with van der Waals surface area (Å²) in [5.41, 5.74) is 5.08. The molecule has 0 saturated heterocycles. The van der Waals surface area contributed by atoms with Gasteiger partial charge in [-0.15, -0.1) is 12.4 Å². The summed E-state index contributed by atoms with van der Waals surface area (Å²) >= 11 is 0. The van der Waals surface area contributed by atoms with Gasteiger partial charge in [0.2, 0.25) is 5.91 Å². The lowest BCUT2D eigenvalue weighted by Gasteiger charge is -2.27. The number of halogens is 1. The second-order valence-electron chi connectivity index (χ2n) is 3.67. The van der Waals surface area contributed by atoms with Crippen molar-refractivity contribution < 1.29 is 4.79 Å². The highest BCUT2D eigenvalue weighted by Gasteiger charge is 2.47. The number of primary amides is 1. The van der Waals surface area contributed by atoms with Crippen molar-refractivity contribution in [1.29, 1.82) is 0 Å². The van der Waals surface area contributed by atoms with Crippen LogP contribution in [0.25, 0.3) is 0 Å². The largest absolute Gasteiger partial charge is 0.369 e. The Kier molecular flexibility index (Phi) is 2.81. The van der Waals surface area contributed by atoms with Gasteiger partial charge in [-0.3, -0.25) is 4.79 Å². The molecule has 1 atom stereocenters. The van der Waals surface area contributed by atoms with Gasteiger partial charge in [0.25, 0.3) is 0 Å². The Labute approximate surface area is 84.3 Å². The molecule has 1 unspecified atom stereocenters. The maximum Gasteiger partial charge on any atom is 0.228 e. The van der Waals surface area contributed by atoms with E-state index in [1.54, 1.807) is 0 Å². The minimum atomic E-state index is -0.339. The fourth-order valence-corrected chi connectivity index (χ4v) is 1.92. The molecule has 3 heteroatoms. The zero-order valence-corrected chi connectivity index (χ0v) is 8.22. The lowest BCUT2D eigenvalue weighted by Crippen LogP contribution is -2.37. The maximum absolute atomic E-state index is 11.3. The van der Waals surface area contributed by atoms with Crippen LogP contribution in [-0.4, -0.2) is 5.91 Å². The summed E-state index contributed by atoms with van der Waals surface area (Å²) in [7, 11) is 0. The Morgan fingerprint density at radius 2 is 2.08 bits per heavy atom. The normalized spacial score (nSPS) is 31.1. The molecule has 1 amide bonds. The fraction of sp³-hybridized carbons (Fsp3) is 0.500. The number of hydrogen-bond donors (Lipinski definition) is 1. The molecule has 0 aromatic heterocycles. The first-order valence-electron chi connectivity index (χ1n) is 4.40. The van der Waals surface area contributed by atoms with E-state index in [0.29, 0.717) is 5.92 Å². The van der Waals surface area contributed by atoms with Crippen molar-refractivity contribution in [2.75, 3.05) is 0 Å². The first-order chi connectivity index (χ1) is 5.76. The molecule has 13 heavy (non-hydrogen) atoms. The number of hydrogen-bond acceptors (Lipinski definition) is 1. The third-order valence-electron chi connectivity index (χ3n) is 2.86. The molecule has 2 aliphatic carbocycles. The third kappa shape index (κ3) is 1.63. The first-order valence-corrected chi connectivity index (χ1v) is 4.40. The summed E-state index contributed by atoms with van der Waals surface area (Å²) in [6.45, 7) is 0. The van der Waals surface area contributed by atoms with Gasteiger partial charge in [0.15, 0.2) is 0 Å². The van der Waals surface area contributed by atoms with Gasteiger partial charge in [-0.1, -0.05) is 24.3 Å². The van der Waals surface area contributed by atoms with Gasteiger partial charge in [-0.25, -0.2) is 0 Å². The Bertz CT molecular complexity index is 268. The van der Waals surface area contributed by atoms with Crippen LogP contribution in [0.1, 0.15) is 19.3 Å². The van der Waals surface area contributed by atoms with Crippen molar-refractivity contribution in [3.8, 4) is 0 Å². The fourth-order valence-electron chi connectivity index (χ4n) is 1.92. The third-order valence-corrected chi connectivity index (χ3v) is 2.86. The summed E-state index contributed by atoms with van der Waals surface area (Å²) in [4.78, 5) is 11.3. The van der Waals surface area contributed by atoms with Crippen LogP contribution in [0.4, 0.5) is 0 Å². The molecular formula is C10H14ClNO. The van der Waals surface area contributed by atoms with Crippen LogP contribution < -0.4 is 5.73 Å². The van der Waals surface area contributed by atoms with Crippen LogP contribution in [0.15, 0.2) is 24.3 Å². The minimum Gasteiger partial charge on any atom is -0.369 e. The monoisotopic (exact) mass is 199 g/mol. The van der Waals surface area contributed by atoms with Crippen molar-refractivity contribution in [2.45, 2.75) is 19.3 Å². The van der Waals surface area contributed by atoms with E-state index in [2.05, 4.69) is 0 Å². The summed E-state index contributed by atoms with van der Waals surface area (Å²) in [5, 5.41) is 0. The number of carbonyl (C=O) groups excluding carboxylic acids is 1. The summed E-state index contributed by atoms with van der Waals surface area (Å²) in [6.07, 6.45) is 11.0. The van der Waals surface area contributed by atoms with Crippen molar-refractivity contribution in [3.63, 3.8) is 0 Å². The lowest BCUT2D eigenvalue weighted by atomic mass is 9.76. The van der Waals surface area contributed by atoms with Crippen molar-refractivity contribution in [2.24, 2.45) is 17.1 Å². The average Bonchev–Trinajstić information content (AvgIpc) is 2.88. The molecule has 2 aliphatic rings. The van der Waals surface area contributed by atoms with E-state index in [1.807, 2.05) is 24.3 Å². The SMILES string of the molecule is Cl.NC(=O)C1(C2CC2)C=CC=CC1. The van der Waals surface area contributed by atoms with Crippen molar-refractivity contribution >= 4 is 18.3 Å². The second kappa shape index (κ2) is 3.54. The van der Waals surface area contributed by atoms with Crippen LogP contribution in [0.2, 0.25) is 0 Å². The number of amides is 1. The van der Waals surface area contributed by atoms with E-state index in [9.17, 15) is 4.79 Å². The standard InChI is InChI=1S/C10H13NO.ClH/c11-9(12)10(8-4-5-8)6-2-1-3-7-10;/h1-3,6,8H,4-5,7H2,(H2,11,12);1H. The highest BCUT2D eigenvalue weighted by atomic mass is 35.5. The smallest absolute Gasteiger partial charge is 0.228 e. The molecule has 2 rings (SSSR count). The van der Waals surface area contributed by atoms with Gasteiger partial charge in [0, 0.05) is 0 Å². The Balaban J connectivity index is 0.000000845. The number of allylic oxidation sites excluding steroid dienone is 3. The van der Waals surface area contributed by atoms with Gasteiger partial charge in [-0.05, 0) is 25.2 Å². The highest BCUT2D eigenvalue weighted by Crippen LogP contribution is 2.49. The zero-order chi connectivity index (χ0) is 8.60. The molecule has 72 valence electrons. The van der Waals surface area contributed by atoms with Crippen LogP contribution in [0, 0.1) is 11.3 Å². The Hall–Kier alpha value is -0.760. The van der Waals surface area contributed by atoms with Gasteiger partial charge in [0.05, 0.1) is 5.41 Å². The minimum absolute atomic E-state index is 0. The highest BCUT2D eigenvalue weighted by molar-refractivity contribution is 5.85. The van der Waals surface area contributed by atoms with E-state index < -0.39 is 0 Å². The zero-order valence-electron chi connectivity index (χ0n) is 7.40.